The van der Waals surface area contributed by atoms with Crippen LogP contribution in [0.5, 0.6) is 0 Å². The highest BCUT2D eigenvalue weighted by atomic mass is 16.2. The van der Waals surface area contributed by atoms with E-state index in [9.17, 15) is 9.59 Å². The maximum atomic E-state index is 11.3. The molecule has 3 rings (SSSR count). The molecule has 3 aliphatic rings. The second-order valence-corrected chi connectivity index (χ2v) is 4.79. The molecule has 0 aromatic carbocycles. The lowest BCUT2D eigenvalue weighted by Crippen LogP contribution is -2.52. The van der Waals surface area contributed by atoms with Gasteiger partial charge in [-0.3, -0.25) is 9.59 Å². The van der Waals surface area contributed by atoms with Gasteiger partial charge in [0.2, 0.25) is 11.8 Å². The molecule has 78 valence electrons. The zero-order chi connectivity index (χ0) is 10.4. The van der Waals surface area contributed by atoms with Crippen LogP contribution in [0.15, 0.2) is 0 Å². The molecule has 3 aliphatic carbocycles. The molecule has 0 atom stereocenters. The average molecular weight is 196 g/mol. The van der Waals surface area contributed by atoms with Crippen LogP contribution >= 0.6 is 0 Å². The highest BCUT2D eigenvalue weighted by Gasteiger charge is 2.54. The van der Waals surface area contributed by atoms with Crippen LogP contribution < -0.4 is 11.5 Å². The van der Waals surface area contributed by atoms with Crippen molar-refractivity contribution in [3.63, 3.8) is 0 Å². The number of amides is 2. The van der Waals surface area contributed by atoms with Gasteiger partial charge in [-0.1, -0.05) is 0 Å². The maximum absolute atomic E-state index is 11.3. The van der Waals surface area contributed by atoms with Gasteiger partial charge in [0.1, 0.15) is 0 Å². The fraction of sp³-hybridized carbons (Fsp3) is 0.800. The van der Waals surface area contributed by atoms with Gasteiger partial charge in [0, 0.05) is 10.8 Å². The molecule has 2 bridgehead atoms. The number of primary amides is 2. The molecule has 0 heterocycles. The molecule has 0 aromatic rings. The summed E-state index contributed by atoms with van der Waals surface area (Å²) in [5.74, 6) is -0.398. The van der Waals surface area contributed by atoms with E-state index in [2.05, 4.69) is 0 Å². The SMILES string of the molecule is NC(=O)C12CCC(C(N)=O)(CC1)CC2. The van der Waals surface area contributed by atoms with Crippen LogP contribution in [0.3, 0.4) is 0 Å². The van der Waals surface area contributed by atoms with E-state index < -0.39 is 0 Å². The molecule has 3 saturated carbocycles. The summed E-state index contributed by atoms with van der Waals surface area (Å²) in [6.45, 7) is 0. The summed E-state index contributed by atoms with van der Waals surface area (Å²) in [4.78, 5) is 22.6. The van der Waals surface area contributed by atoms with E-state index in [1.165, 1.54) is 0 Å². The van der Waals surface area contributed by atoms with Gasteiger partial charge in [-0.25, -0.2) is 0 Å². The molecule has 0 unspecified atom stereocenters. The summed E-state index contributed by atoms with van der Waals surface area (Å²) in [5, 5.41) is 0. The van der Waals surface area contributed by atoms with Crippen molar-refractivity contribution in [1.29, 1.82) is 0 Å². The molecule has 3 fully saturated rings. The number of carbonyl (C=O) groups is 2. The smallest absolute Gasteiger partial charge is 0.223 e. The monoisotopic (exact) mass is 196 g/mol. The number of fused-ring (bicyclic) bond motifs is 3. The number of hydrogen-bond donors (Lipinski definition) is 2. The Bertz CT molecular complexity index is 244. The quantitative estimate of drug-likeness (QED) is 0.665. The van der Waals surface area contributed by atoms with E-state index >= 15 is 0 Å². The highest BCUT2D eigenvalue weighted by molar-refractivity contribution is 5.85. The van der Waals surface area contributed by atoms with E-state index in [0.717, 1.165) is 38.5 Å². The van der Waals surface area contributed by atoms with Gasteiger partial charge in [0.25, 0.3) is 0 Å². The third-order valence-electron chi connectivity index (χ3n) is 4.29. The first kappa shape index (κ1) is 9.49. The van der Waals surface area contributed by atoms with Crippen molar-refractivity contribution < 1.29 is 9.59 Å². The normalized spacial score (nSPS) is 40.9. The van der Waals surface area contributed by atoms with Crippen LogP contribution in [-0.2, 0) is 9.59 Å². The first-order valence-electron chi connectivity index (χ1n) is 5.11. The summed E-state index contributed by atoms with van der Waals surface area (Å²) in [6.07, 6.45) is 4.45. The zero-order valence-corrected chi connectivity index (χ0v) is 8.21. The first-order chi connectivity index (χ1) is 6.51. The second-order valence-electron chi connectivity index (χ2n) is 4.79. The molecule has 2 amide bonds. The minimum absolute atomic E-state index is 0.199. The molecule has 0 aliphatic heterocycles. The molecule has 4 N–H and O–H groups in total. The van der Waals surface area contributed by atoms with E-state index in [1.54, 1.807) is 0 Å². The molecule has 0 saturated heterocycles. The number of nitrogens with two attached hydrogens (primary N) is 2. The van der Waals surface area contributed by atoms with Crippen LogP contribution in [0.2, 0.25) is 0 Å². The molecule has 0 aromatic heterocycles. The summed E-state index contributed by atoms with van der Waals surface area (Å²) in [7, 11) is 0. The molecule has 14 heavy (non-hydrogen) atoms. The standard InChI is InChI=1S/C10H16N2O2/c11-7(13)9-1-2-10(5-3-9,6-4-9)8(12)14/h1-6H2,(H2,11,13)(H2,12,14). The van der Waals surface area contributed by atoms with Crippen LogP contribution in [0.25, 0.3) is 0 Å². The van der Waals surface area contributed by atoms with Crippen molar-refractivity contribution in [2.45, 2.75) is 38.5 Å². The van der Waals surface area contributed by atoms with Crippen molar-refractivity contribution in [3.05, 3.63) is 0 Å². The topological polar surface area (TPSA) is 86.2 Å². The second kappa shape index (κ2) is 2.72. The Hall–Kier alpha value is -1.06. The van der Waals surface area contributed by atoms with E-state index in [0.29, 0.717) is 0 Å². The lowest BCUT2D eigenvalue weighted by molar-refractivity contribution is -0.146. The molecule has 0 radical (unpaired) electrons. The van der Waals surface area contributed by atoms with Crippen LogP contribution in [-0.4, -0.2) is 11.8 Å². The van der Waals surface area contributed by atoms with Gasteiger partial charge in [-0.15, -0.1) is 0 Å². The van der Waals surface area contributed by atoms with Gasteiger partial charge < -0.3 is 11.5 Å². The van der Waals surface area contributed by atoms with Gasteiger partial charge in [-0.2, -0.15) is 0 Å². The van der Waals surface area contributed by atoms with Gasteiger partial charge in [0.15, 0.2) is 0 Å². The summed E-state index contributed by atoms with van der Waals surface area (Å²) in [6, 6.07) is 0. The van der Waals surface area contributed by atoms with Crippen molar-refractivity contribution in [2.75, 3.05) is 0 Å². The summed E-state index contributed by atoms with van der Waals surface area (Å²) >= 11 is 0. The fourth-order valence-corrected chi connectivity index (χ4v) is 2.92. The Balaban J connectivity index is 2.21. The minimum atomic E-state index is -0.322. The summed E-state index contributed by atoms with van der Waals surface area (Å²) in [5.41, 5.74) is 10.2. The predicted molar refractivity (Wildman–Crippen MR) is 51.0 cm³/mol. The van der Waals surface area contributed by atoms with Gasteiger partial charge in [-0.05, 0) is 38.5 Å². The van der Waals surface area contributed by atoms with Crippen LogP contribution in [0.4, 0.5) is 0 Å². The van der Waals surface area contributed by atoms with E-state index in [1.807, 2.05) is 0 Å². The molecular formula is C10H16N2O2. The van der Waals surface area contributed by atoms with Crippen molar-refractivity contribution in [2.24, 2.45) is 22.3 Å². The molecule has 4 heteroatoms. The van der Waals surface area contributed by atoms with Gasteiger partial charge in [0.05, 0.1) is 0 Å². The minimum Gasteiger partial charge on any atom is -0.369 e. The third kappa shape index (κ3) is 1.06. The lowest BCUT2D eigenvalue weighted by atomic mass is 9.53. The lowest BCUT2D eigenvalue weighted by Gasteiger charge is -2.50. The largest absolute Gasteiger partial charge is 0.369 e. The average Bonchev–Trinajstić information content (AvgIpc) is 2.20. The maximum Gasteiger partial charge on any atom is 0.223 e. The molecule has 4 nitrogen and oxygen atoms in total. The number of carbonyl (C=O) groups excluding carboxylic acids is 2. The number of rotatable bonds is 2. The van der Waals surface area contributed by atoms with Crippen LogP contribution in [0.1, 0.15) is 38.5 Å². The highest BCUT2D eigenvalue weighted by Crippen LogP contribution is 2.56. The molecular weight excluding hydrogens is 180 g/mol. The van der Waals surface area contributed by atoms with Crippen molar-refractivity contribution in [1.82, 2.24) is 0 Å². The predicted octanol–water partition coefficient (Wildman–Crippen LogP) is 0.298. The summed E-state index contributed by atoms with van der Waals surface area (Å²) < 4.78 is 0. The van der Waals surface area contributed by atoms with Crippen molar-refractivity contribution >= 4 is 11.8 Å². The first-order valence-corrected chi connectivity index (χ1v) is 5.11. The van der Waals surface area contributed by atoms with Crippen LogP contribution in [0, 0.1) is 10.8 Å². The van der Waals surface area contributed by atoms with Crippen molar-refractivity contribution in [3.8, 4) is 0 Å². The number of hydrogen-bond acceptors (Lipinski definition) is 2. The Morgan fingerprint density at radius 1 is 0.714 bits per heavy atom. The molecule has 0 spiro atoms. The fourth-order valence-electron chi connectivity index (χ4n) is 2.92. The Morgan fingerprint density at radius 2 is 0.929 bits per heavy atom. The van der Waals surface area contributed by atoms with E-state index in [4.69, 9.17) is 11.5 Å². The Morgan fingerprint density at radius 3 is 1.07 bits per heavy atom. The zero-order valence-electron chi connectivity index (χ0n) is 8.21. The van der Waals surface area contributed by atoms with E-state index in [-0.39, 0.29) is 22.6 Å². The Labute approximate surface area is 83.0 Å². The Kier molecular flexibility index (Phi) is 1.84. The third-order valence-corrected chi connectivity index (χ3v) is 4.29. The van der Waals surface area contributed by atoms with Gasteiger partial charge >= 0.3 is 0 Å².